The smallest absolute Gasteiger partial charge is 0.267 e. The van der Waals surface area contributed by atoms with Crippen LogP contribution in [0.2, 0.25) is 0 Å². The number of halogens is 3. The van der Waals surface area contributed by atoms with Crippen LogP contribution in [-0.2, 0) is 6.54 Å². The van der Waals surface area contributed by atoms with Gasteiger partial charge < -0.3 is 0 Å². The van der Waals surface area contributed by atoms with E-state index in [-0.39, 0.29) is 11.1 Å². The van der Waals surface area contributed by atoms with Crippen LogP contribution in [0.15, 0.2) is 47.3 Å². The summed E-state index contributed by atoms with van der Waals surface area (Å²) < 4.78 is 28.6. The standard InChI is InChI=1S/C17H13ClF2N2O/c18-8-3-9-22-17(23)13-5-2-1-4-12(13)16(21-22)14-7-6-11(19)10-15(14)20/h1-2,4-7,10H,3,8-9H2. The first-order chi connectivity index (χ1) is 11.1. The van der Waals surface area contributed by atoms with Crippen LogP contribution in [0, 0.1) is 11.6 Å². The van der Waals surface area contributed by atoms with Gasteiger partial charge in [0.1, 0.15) is 17.3 Å². The van der Waals surface area contributed by atoms with Gasteiger partial charge in [-0.05, 0) is 24.6 Å². The van der Waals surface area contributed by atoms with Crippen molar-refractivity contribution >= 4 is 22.4 Å². The lowest BCUT2D eigenvalue weighted by Crippen LogP contribution is -2.24. The minimum absolute atomic E-state index is 0.155. The maximum absolute atomic E-state index is 14.2. The molecule has 23 heavy (non-hydrogen) atoms. The first-order valence-corrected chi connectivity index (χ1v) is 7.66. The summed E-state index contributed by atoms with van der Waals surface area (Å²) in [6.07, 6.45) is 0.568. The van der Waals surface area contributed by atoms with Crippen LogP contribution in [0.5, 0.6) is 0 Å². The zero-order valence-corrected chi connectivity index (χ0v) is 12.9. The van der Waals surface area contributed by atoms with E-state index in [4.69, 9.17) is 11.6 Å². The molecule has 0 radical (unpaired) electrons. The number of alkyl halides is 1. The van der Waals surface area contributed by atoms with Crippen LogP contribution in [0.3, 0.4) is 0 Å². The lowest BCUT2D eigenvalue weighted by molar-refractivity contribution is 0.571. The molecule has 0 bridgehead atoms. The molecule has 0 saturated carbocycles. The third-order valence-corrected chi connectivity index (χ3v) is 3.82. The fraction of sp³-hybridized carbons (Fsp3) is 0.176. The minimum Gasteiger partial charge on any atom is -0.267 e. The number of hydrogen-bond acceptors (Lipinski definition) is 2. The molecule has 6 heteroatoms. The van der Waals surface area contributed by atoms with Crippen molar-refractivity contribution in [3.05, 3.63) is 64.5 Å². The maximum atomic E-state index is 14.2. The number of fused-ring (bicyclic) bond motifs is 1. The highest BCUT2D eigenvalue weighted by Crippen LogP contribution is 2.27. The molecule has 0 aliphatic rings. The number of aryl methyl sites for hydroxylation is 1. The molecular weight excluding hydrogens is 322 g/mol. The van der Waals surface area contributed by atoms with Crippen LogP contribution in [0.1, 0.15) is 6.42 Å². The Hall–Kier alpha value is -2.27. The average molecular weight is 335 g/mol. The van der Waals surface area contributed by atoms with E-state index < -0.39 is 11.6 Å². The highest BCUT2D eigenvalue weighted by Gasteiger charge is 2.15. The zero-order chi connectivity index (χ0) is 16.4. The first kappa shape index (κ1) is 15.6. The van der Waals surface area contributed by atoms with Crippen molar-refractivity contribution < 1.29 is 8.78 Å². The number of aromatic nitrogens is 2. The Balaban J connectivity index is 2.30. The molecule has 118 valence electrons. The van der Waals surface area contributed by atoms with Crippen molar-refractivity contribution in [3.8, 4) is 11.3 Å². The van der Waals surface area contributed by atoms with Crippen molar-refractivity contribution in [2.24, 2.45) is 0 Å². The topological polar surface area (TPSA) is 34.9 Å². The molecule has 0 aliphatic heterocycles. The molecule has 0 atom stereocenters. The van der Waals surface area contributed by atoms with Crippen LogP contribution >= 0.6 is 11.6 Å². The first-order valence-electron chi connectivity index (χ1n) is 7.13. The molecule has 3 rings (SSSR count). The lowest BCUT2D eigenvalue weighted by Gasteiger charge is -2.11. The molecule has 0 unspecified atom stereocenters. The number of hydrogen-bond donors (Lipinski definition) is 0. The van der Waals surface area contributed by atoms with Crippen molar-refractivity contribution in [3.63, 3.8) is 0 Å². The lowest BCUT2D eigenvalue weighted by atomic mass is 10.0. The Morgan fingerprint density at radius 3 is 2.52 bits per heavy atom. The van der Waals surface area contributed by atoms with E-state index in [9.17, 15) is 13.6 Å². The molecule has 0 amide bonds. The van der Waals surface area contributed by atoms with Gasteiger partial charge in [-0.25, -0.2) is 13.5 Å². The molecule has 3 nitrogen and oxygen atoms in total. The van der Waals surface area contributed by atoms with Gasteiger partial charge in [0.15, 0.2) is 0 Å². The summed E-state index contributed by atoms with van der Waals surface area (Å²) in [5, 5.41) is 5.25. The molecule has 0 N–H and O–H groups in total. The van der Waals surface area contributed by atoms with Gasteiger partial charge >= 0.3 is 0 Å². The predicted octanol–water partition coefficient (Wildman–Crippen LogP) is 3.97. The number of rotatable bonds is 4. The van der Waals surface area contributed by atoms with Crippen LogP contribution in [-0.4, -0.2) is 15.7 Å². The van der Waals surface area contributed by atoms with Crippen LogP contribution in [0.4, 0.5) is 8.78 Å². The summed E-state index contributed by atoms with van der Waals surface area (Å²) >= 11 is 5.68. The highest BCUT2D eigenvalue weighted by atomic mass is 35.5. The van der Waals surface area contributed by atoms with E-state index in [1.54, 1.807) is 24.3 Å². The van der Waals surface area contributed by atoms with E-state index >= 15 is 0 Å². The summed E-state index contributed by atoms with van der Waals surface area (Å²) in [4.78, 5) is 12.5. The predicted molar refractivity (Wildman–Crippen MR) is 86.7 cm³/mol. The van der Waals surface area contributed by atoms with E-state index in [0.717, 1.165) is 6.07 Å². The Morgan fingerprint density at radius 2 is 1.83 bits per heavy atom. The highest BCUT2D eigenvalue weighted by molar-refractivity contribution is 6.17. The Labute approximate surface area is 136 Å². The SMILES string of the molecule is O=c1c2ccccc2c(-c2ccc(F)cc2F)nn1CCCCl. The molecule has 0 fully saturated rings. The van der Waals surface area contributed by atoms with Gasteiger partial charge in [0.25, 0.3) is 5.56 Å². The van der Waals surface area contributed by atoms with Gasteiger partial charge in [0.2, 0.25) is 0 Å². The van der Waals surface area contributed by atoms with Gasteiger partial charge in [0, 0.05) is 29.4 Å². The number of nitrogens with zero attached hydrogens (tertiary/aromatic N) is 2. The van der Waals surface area contributed by atoms with Crippen molar-refractivity contribution in [1.82, 2.24) is 9.78 Å². The second-order valence-electron chi connectivity index (χ2n) is 5.09. The maximum Gasteiger partial charge on any atom is 0.274 e. The van der Waals surface area contributed by atoms with E-state index in [2.05, 4.69) is 5.10 Å². The van der Waals surface area contributed by atoms with Crippen molar-refractivity contribution in [2.75, 3.05) is 5.88 Å². The van der Waals surface area contributed by atoms with Crippen LogP contribution < -0.4 is 5.56 Å². The molecule has 0 saturated heterocycles. The monoisotopic (exact) mass is 334 g/mol. The molecule has 0 spiro atoms. The van der Waals surface area contributed by atoms with E-state index in [1.807, 2.05) is 0 Å². The average Bonchev–Trinajstić information content (AvgIpc) is 2.55. The van der Waals surface area contributed by atoms with Crippen molar-refractivity contribution in [1.29, 1.82) is 0 Å². The Morgan fingerprint density at radius 1 is 1.09 bits per heavy atom. The van der Waals surface area contributed by atoms with Crippen LogP contribution in [0.25, 0.3) is 22.0 Å². The summed E-state index contributed by atoms with van der Waals surface area (Å²) in [7, 11) is 0. The molecule has 0 aliphatic carbocycles. The number of benzene rings is 2. The molecule has 1 aromatic heterocycles. The quantitative estimate of drug-likeness (QED) is 0.677. The Kier molecular flexibility index (Phi) is 4.39. The van der Waals surface area contributed by atoms with Gasteiger partial charge in [0.05, 0.1) is 5.39 Å². The third kappa shape index (κ3) is 2.97. The molecule has 3 aromatic rings. The second-order valence-corrected chi connectivity index (χ2v) is 5.47. The zero-order valence-electron chi connectivity index (χ0n) is 12.1. The summed E-state index contributed by atoms with van der Waals surface area (Å²) in [6.45, 7) is 0.336. The Bertz CT molecular complexity index is 924. The summed E-state index contributed by atoms with van der Waals surface area (Å²) in [6, 6.07) is 10.2. The molecule has 1 heterocycles. The van der Waals surface area contributed by atoms with Gasteiger partial charge in [-0.2, -0.15) is 5.10 Å². The molecule has 2 aromatic carbocycles. The normalized spacial score (nSPS) is 11.1. The van der Waals surface area contributed by atoms with Gasteiger partial charge in [-0.1, -0.05) is 18.2 Å². The van der Waals surface area contributed by atoms with Gasteiger partial charge in [-0.3, -0.25) is 4.79 Å². The third-order valence-electron chi connectivity index (χ3n) is 3.56. The molecular formula is C17H13ClF2N2O. The van der Waals surface area contributed by atoms with Gasteiger partial charge in [-0.15, -0.1) is 11.6 Å². The summed E-state index contributed by atoms with van der Waals surface area (Å²) in [5.41, 5.74) is 0.214. The fourth-order valence-electron chi connectivity index (χ4n) is 2.48. The summed E-state index contributed by atoms with van der Waals surface area (Å²) in [5.74, 6) is -0.988. The largest absolute Gasteiger partial charge is 0.274 e. The minimum atomic E-state index is -0.717. The second kappa shape index (κ2) is 6.46. The fourth-order valence-corrected chi connectivity index (χ4v) is 2.60. The van der Waals surface area contributed by atoms with E-state index in [1.165, 1.54) is 16.8 Å². The van der Waals surface area contributed by atoms with Crippen molar-refractivity contribution in [2.45, 2.75) is 13.0 Å². The van der Waals surface area contributed by atoms with E-state index in [0.29, 0.717) is 35.3 Å².